The number of hydrogen-bond acceptors (Lipinski definition) is 4. The third-order valence-corrected chi connectivity index (χ3v) is 7.42. The van der Waals surface area contributed by atoms with Crippen LogP contribution in [0, 0.1) is 11.8 Å². The van der Waals surface area contributed by atoms with Crippen LogP contribution in [0.4, 0.5) is 0 Å². The van der Waals surface area contributed by atoms with Gasteiger partial charge in [0, 0.05) is 33.1 Å². The molecule has 3 rings (SSSR count). The highest BCUT2D eigenvalue weighted by Gasteiger charge is 2.37. The molecule has 0 spiro atoms. The number of hydrogen-bond donors (Lipinski definition) is 0. The van der Waals surface area contributed by atoms with Gasteiger partial charge < -0.3 is 9.64 Å². The van der Waals surface area contributed by atoms with Gasteiger partial charge in [0.15, 0.2) is 0 Å². The van der Waals surface area contributed by atoms with Crippen molar-refractivity contribution in [1.29, 1.82) is 0 Å². The average Bonchev–Trinajstić information content (AvgIpc) is 3.13. The lowest BCUT2D eigenvalue weighted by Crippen LogP contribution is -2.39. The number of carbonyl (C=O) groups is 1. The van der Waals surface area contributed by atoms with Crippen molar-refractivity contribution < 1.29 is 17.9 Å². The highest BCUT2D eigenvalue weighted by molar-refractivity contribution is 7.89. The van der Waals surface area contributed by atoms with Gasteiger partial charge in [0.1, 0.15) is 5.75 Å². The number of nitrogens with zero attached hydrogens (tertiary/aromatic N) is 2. The smallest absolute Gasteiger partial charge is 0.243 e. The van der Waals surface area contributed by atoms with Crippen molar-refractivity contribution >= 4 is 15.9 Å². The van der Waals surface area contributed by atoms with E-state index in [0.717, 1.165) is 32.4 Å². The molecule has 6 nitrogen and oxygen atoms in total. The molecular weight excluding hydrogens is 340 g/mol. The van der Waals surface area contributed by atoms with Crippen molar-refractivity contribution in [2.45, 2.75) is 31.1 Å². The Morgan fingerprint density at radius 1 is 1.04 bits per heavy atom. The number of sulfonamides is 1. The maximum absolute atomic E-state index is 12.8. The summed E-state index contributed by atoms with van der Waals surface area (Å²) in [5.41, 5.74) is 0. The van der Waals surface area contributed by atoms with Gasteiger partial charge in [-0.1, -0.05) is 0 Å². The Balaban J connectivity index is 1.63. The monoisotopic (exact) mass is 366 g/mol. The van der Waals surface area contributed by atoms with E-state index in [4.69, 9.17) is 4.74 Å². The quantitative estimate of drug-likeness (QED) is 0.817. The summed E-state index contributed by atoms with van der Waals surface area (Å²) in [6, 6.07) is 6.56. The molecule has 138 valence electrons. The second-order valence-electron chi connectivity index (χ2n) is 6.93. The minimum atomic E-state index is -3.45. The van der Waals surface area contributed by atoms with E-state index in [2.05, 4.69) is 0 Å². The molecule has 0 aliphatic carbocycles. The fourth-order valence-corrected chi connectivity index (χ4v) is 5.45. The number of piperidine rings is 1. The minimum Gasteiger partial charge on any atom is -0.497 e. The molecule has 2 saturated heterocycles. The Kier molecular flexibility index (Phi) is 5.34. The zero-order valence-electron chi connectivity index (χ0n) is 14.8. The van der Waals surface area contributed by atoms with Crippen LogP contribution in [0.1, 0.15) is 26.2 Å². The van der Waals surface area contributed by atoms with Crippen molar-refractivity contribution in [1.82, 2.24) is 9.21 Å². The number of benzene rings is 1. The zero-order chi connectivity index (χ0) is 18.0. The molecule has 2 fully saturated rings. The van der Waals surface area contributed by atoms with E-state index < -0.39 is 10.0 Å². The van der Waals surface area contributed by atoms with Crippen LogP contribution in [0.25, 0.3) is 0 Å². The van der Waals surface area contributed by atoms with Gasteiger partial charge in [-0.3, -0.25) is 4.79 Å². The fraction of sp³-hybridized carbons (Fsp3) is 0.611. The summed E-state index contributed by atoms with van der Waals surface area (Å²) in [4.78, 5) is 13.6. The van der Waals surface area contributed by atoms with Gasteiger partial charge in [-0.05, 0) is 55.4 Å². The van der Waals surface area contributed by atoms with Gasteiger partial charge in [0.25, 0.3) is 0 Å². The maximum atomic E-state index is 12.8. The number of carbonyl (C=O) groups excluding carboxylic acids is 1. The van der Waals surface area contributed by atoms with Crippen LogP contribution in [-0.2, 0) is 14.8 Å². The molecule has 1 atom stereocenters. The molecule has 1 aromatic rings. The third-order valence-electron chi connectivity index (χ3n) is 5.54. The summed E-state index contributed by atoms with van der Waals surface area (Å²) in [6.07, 6.45) is 2.85. The molecule has 1 aromatic carbocycles. The molecule has 0 N–H and O–H groups in total. The van der Waals surface area contributed by atoms with Crippen LogP contribution < -0.4 is 4.74 Å². The van der Waals surface area contributed by atoms with Crippen LogP contribution >= 0.6 is 0 Å². The SMILES string of the molecule is COc1ccc(S(=O)(=O)N2CCC(C3CCN(C(C)=O)CC3)C2)cc1. The van der Waals surface area contributed by atoms with Crippen molar-refractivity contribution in [3.05, 3.63) is 24.3 Å². The van der Waals surface area contributed by atoms with E-state index in [9.17, 15) is 13.2 Å². The average molecular weight is 366 g/mol. The van der Waals surface area contributed by atoms with Crippen molar-refractivity contribution in [3.8, 4) is 5.75 Å². The fourth-order valence-electron chi connectivity index (χ4n) is 3.94. The van der Waals surface area contributed by atoms with Crippen LogP contribution in [0.3, 0.4) is 0 Å². The number of methoxy groups -OCH3 is 1. The molecule has 2 heterocycles. The summed E-state index contributed by atoms with van der Waals surface area (Å²) in [5, 5.41) is 0. The molecule has 0 aromatic heterocycles. The van der Waals surface area contributed by atoms with Crippen LogP contribution in [0.5, 0.6) is 5.75 Å². The number of rotatable bonds is 4. The lowest BCUT2D eigenvalue weighted by Gasteiger charge is -2.34. The molecule has 0 radical (unpaired) electrons. The lowest BCUT2D eigenvalue weighted by molar-refractivity contribution is -0.130. The molecule has 2 aliphatic heterocycles. The van der Waals surface area contributed by atoms with Crippen LogP contribution in [-0.4, -0.2) is 56.8 Å². The Morgan fingerprint density at radius 2 is 1.64 bits per heavy atom. The van der Waals surface area contributed by atoms with Crippen molar-refractivity contribution in [2.75, 3.05) is 33.3 Å². The molecule has 1 unspecified atom stereocenters. The number of likely N-dealkylation sites (tertiary alicyclic amines) is 1. The van der Waals surface area contributed by atoms with Crippen LogP contribution in [0.15, 0.2) is 29.2 Å². The van der Waals surface area contributed by atoms with E-state index in [1.807, 2.05) is 4.90 Å². The van der Waals surface area contributed by atoms with E-state index in [0.29, 0.717) is 35.6 Å². The van der Waals surface area contributed by atoms with Gasteiger partial charge in [-0.2, -0.15) is 4.31 Å². The first-order chi connectivity index (χ1) is 11.9. The van der Waals surface area contributed by atoms with Gasteiger partial charge in [0.2, 0.25) is 15.9 Å². The predicted octanol–water partition coefficient (Wildman–Crippen LogP) is 1.96. The van der Waals surface area contributed by atoms with E-state index in [1.165, 1.54) is 0 Å². The molecular formula is C18H26N2O4S. The summed E-state index contributed by atoms with van der Waals surface area (Å²) in [6.45, 7) is 4.35. The molecule has 2 aliphatic rings. The third kappa shape index (κ3) is 3.82. The molecule has 25 heavy (non-hydrogen) atoms. The Morgan fingerprint density at radius 3 is 2.20 bits per heavy atom. The van der Waals surface area contributed by atoms with E-state index >= 15 is 0 Å². The second kappa shape index (κ2) is 7.33. The highest BCUT2D eigenvalue weighted by atomic mass is 32.2. The van der Waals surface area contributed by atoms with Gasteiger partial charge in [0.05, 0.1) is 12.0 Å². The minimum absolute atomic E-state index is 0.133. The first kappa shape index (κ1) is 18.2. The number of ether oxygens (including phenoxy) is 1. The molecule has 0 bridgehead atoms. The molecule has 7 heteroatoms. The topological polar surface area (TPSA) is 66.9 Å². The summed E-state index contributed by atoms with van der Waals surface area (Å²) >= 11 is 0. The first-order valence-electron chi connectivity index (χ1n) is 8.81. The van der Waals surface area contributed by atoms with Gasteiger partial charge in [-0.15, -0.1) is 0 Å². The molecule has 1 amide bonds. The standard InChI is InChI=1S/C18H26N2O4S/c1-14(21)19-10-7-15(8-11-19)16-9-12-20(13-16)25(22,23)18-5-3-17(24-2)4-6-18/h3-6,15-16H,7-13H2,1-2H3. The highest BCUT2D eigenvalue weighted by Crippen LogP contribution is 2.34. The van der Waals surface area contributed by atoms with Gasteiger partial charge in [-0.25, -0.2) is 8.42 Å². The normalized spacial score (nSPS) is 23.0. The summed E-state index contributed by atoms with van der Waals surface area (Å²) in [7, 11) is -1.88. The van der Waals surface area contributed by atoms with Gasteiger partial charge >= 0.3 is 0 Å². The predicted molar refractivity (Wildman–Crippen MR) is 94.8 cm³/mol. The molecule has 0 saturated carbocycles. The second-order valence-corrected chi connectivity index (χ2v) is 8.87. The van der Waals surface area contributed by atoms with Crippen LogP contribution in [0.2, 0.25) is 0 Å². The Hall–Kier alpha value is -1.60. The number of amides is 1. The van der Waals surface area contributed by atoms with Crippen molar-refractivity contribution in [3.63, 3.8) is 0 Å². The Bertz CT molecular complexity index is 709. The van der Waals surface area contributed by atoms with E-state index in [-0.39, 0.29) is 5.91 Å². The lowest BCUT2D eigenvalue weighted by atomic mass is 9.84. The van der Waals surface area contributed by atoms with E-state index in [1.54, 1.807) is 42.6 Å². The Labute approximate surface area is 149 Å². The maximum Gasteiger partial charge on any atom is 0.243 e. The summed E-state index contributed by atoms with van der Waals surface area (Å²) in [5.74, 6) is 1.68. The largest absolute Gasteiger partial charge is 0.497 e. The van der Waals surface area contributed by atoms with Crippen molar-refractivity contribution in [2.24, 2.45) is 11.8 Å². The summed E-state index contributed by atoms with van der Waals surface area (Å²) < 4.78 is 32.4. The first-order valence-corrected chi connectivity index (χ1v) is 10.3. The zero-order valence-corrected chi connectivity index (χ0v) is 15.7.